The van der Waals surface area contributed by atoms with Gasteiger partial charge in [-0.1, -0.05) is 47.7 Å². The van der Waals surface area contributed by atoms with E-state index in [1.807, 2.05) is 74.0 Å². The number of carbonyl (C=O) groups is 1. The molecule has 0 aliphatic carbocycles. The van der Waals surface area contributed by atoms with E-state index < -0.39 is 0 Å². The van der Waals surface area contributed by atoms with Crippen molar-refractivity contribution in [2.24, 2.45) is 7.05 Å². The van der Waals surface area contributed by atoms with Crippen LogP contribution in [0.5, 0.6) is 0 Å². The molecule has 2 aromatic heterocycles. The minimum absolute atomic E-state index is 0.0785. The number of fused-ring (bicyclic) bond motifs is 1. The van der Waals surface area contributed by atoms with Gasteiger partial charge in [0.15, 0.2) is 16.7 Å². The molecular weight excluding hydrogens is 372 g/mol. The Morgan fingerprint density at radius 3 is 2.75 bits per heavy atom. The normalized spacial score (nSPS) is 11.1. The summed E-state index contributed by atoms with van der Waals surface area (Å²) in [5.41, 5.74) is 3.85. The molecule has 2 heterocycles. The van der Waals surface area contributed by atoms with Crippen LogP contribution in [0.15, 0.2) is 58.1 Å². The van der Waals surface area contributed by atoms with Gasteiger partial charge in [0.05, 0.1) is 5.75 Å². The van der Waals surface area contributed by atoms with Crippen molar-refractivity contribution >= 4 is 34.3 Å². The van der Waals surface area contributed by atoms with Crippen LogP contribution >= 0.6 is 11.8 Å². The van der Waals surface area contributed by atoms with Crippen molar-refractivity contribution in [3.63, 3.8) is 0 Å². The molecule has 0 unspecified atom stereocenters. The summed E-state index contributed by atoms with van der Waals surface area (Å²) in [6, 6.07) is 15.7. The topological polar surface area (TPSA) is 73.0 Å². The fourth-order valence-corrected chi connectivity index (χ4v) is 3.73. The standard InChI is InChI=1S/C21H20N4O2S/c1-13-8-9-16(14(2)10-13)22-19(26)12-28-21-24-23-20(25(21)3)18-11-15-6-4-5-7-17(15)27-18/h4-11H,12H2,1-3H3,(H,22,26). The van der Waals surface area contributed by atoms with Gasteiger partial charge in [-0.05, 0) is 37.6 Å². The molecule has 0 spiro atoms. The van der Waals surface area contributed by atoms with Crippen LogP contribution in [-0.2, 0) is 11.8 Å². The summed E-state index contributed by atoms with van der Waals surface area (Å²) in [5.74, 6) is 1.46. The van der Waals surface area contributed by atoms with Crippen molar-refractivity contribution in [1.29, 1.82) is 0 Å². The van der Waals surface area contributed by atoms with Crippen molar-refractivity contribution in [1.82, 2.24) is 14.8 Å². The Morgan fingerprint density at radius 2 is 1.96 bits per heavy atom. The summed E-state index contributed by atoms with van der Waals surface area (Å²) in [6.07, 6.45) is 0. The second-order valence-corrected chi connectivity index (χ2v) is 7.61. The zero-order valence-electron chi connectivity index (χ0n) is 15.9. The van der Waals surface area contributed by atoms with Crippen LogP contribution in [0.4, 0.5) is 5.69 Å². The van der Waals surface area contributed by atoms with E-state index in [0.29, 0.717) is 16.7 Å². The Hall–Kier alpha value is -3.06. The first-order valence-electron chi connectivity index (χ1n) is 8.89. The fraction of sp³-hybridized carbons (Fsp3) is 0.190. The molecule has 6 nitrogen and oxygen atoms in total. The first-order valence-corrected chi connectivity index (χ1v) is 9.88. The minimum atomic E-state index is -0.0785. The number of rotatable bonds is 5. The van der Waals surface area contributed by atoms with Crippen LogP contribution < -0.4 is 5.32 Å². The number of nitrogens with zero attached hydrogens (tertiary/aromatic N) is 3. The smallest absolute Gasteiger partial charge is 0.234 e. The number of anilines is 1. The summed E-state index contributed by atoms with van der Waals surface area (Å²) in [6.45, 7) is 4.01. The first kappa shape index (κ1) is 18.3. The second-order valence-electron chi connectivity index (χ2n) is 6.67. The van der Waals surface area contributed by atoms with Gasteiger partial charge < -0.3 is 14.3 Å². The molecule has 142 valence electrons. The molecule has 0 radical (unpaired) electrons. The van der Waals surface area contributed by atoms with Crippen LogP contribution in [0, 0.1) is 13.8 Å². The molecule has 0 aliphatic heterocycles. The van der Waals surface area contributed by atoms with Gasteiger partial charge in [-0.2, -0.15) is 0 Å². The molecule has 7 heteroatoms. The van der Waals surface area contributed by atoms with Gasteiger partial charge in [-0.15, -0.1) is 10.2 Å². The largest absolute Gasteiger partial charge is 0.453 e. The zero-order chi connectivity index (χ0) is 19.7. The molecular formula is C21H20N4O2S. The highest BCUT2D eigenvalue weighted by Crippen LogP contribution is 2.28. The van der Waals surface area contributed by atoms with Gasteiger partial charge in [0, 0.05) is 18.1 Å². The van der Waals surface area contributed by atoms with Crippen LogP contribution in [0.25, 0.3) is 22.6 Å². The van der Waals surface area contributed by atoms with Gasteiger partial charge in [0.2, 0.25) is 5.91 Å². The maximum atomic E-state index is 12.3. The molecule has 4 aromatic rings. The third-order valence-corrected chi connectivity index (χ3v) is 5.49. The number of para-hydroxylation sites is 1. The fourth-order valence-electron chi connectivity index (χ4n) is 3.02. The summed E-state index contributed by atoms with van der Waals surface area (Å²) in [7, 11) is 1.87. The van der Waals surface area contributed by atoms with Crippen molar-refractivity contribution < 1.29 is 9.21 Å². The average Bonchev–Trinajstić information content (AvgIpc) is 3.25. The lowest BCUT2D eigenvalue weighted by Crippen LogP contribution is -2.15. The average molecular weight is 392 g/mol. The molecule has 2 aromatic carbocycles. The molecule has 4 rings (SSSR count). The van der Waals surface area contributed by atoms with Gasteiger partial charge in [-0.3, -0.25) is 4.79 Å². The van der Waals surface area contributed by atoms with Crippen molar-refractivity contribution in [2.45, 2.75) is 19.0 Å². The summed E-state index contributed by atoms with van der Waals surface area (Å²) >= 11 is 1.34. The highest BCUT2D eigenvalue weighted by atomic mass is 32.2. The van der Waals surface area contributed by atoms with E-state index in [2.05, 4.69) is 15.5 Å². The maximum absolute atomic E-state index is 12.3. The predicted octanol–water partition coefficient (Wildman–Crippen LogP) is 4.58. The van der Waals surface area contributed by atoms with Crippen LogP contribution in [0.1, 0.15) is 11.1 Å². The highest BCUT2D eigenvalue weighted by Gasteiger charge is 2.16. The van der Waals surface area contributed by atoms with Crippen LogP contribution in [-0.4, -0.2) is 26.4 Å². The number of aryl methyl sites for hydroxylation is 2. The van der Waals surface area contributed by atoms with Crippen molar-refractivity contribution in [3.05, 3.63) is 59.7 Å². The Bertz CT molecular complexity index is 1130. The van der Waals surface area contributed by atoms with E-state index in [1.165, 1.54) is 17.3 Å². The lowest BCUT2D eigenvalue weighted by molar-refractivity contribution is -0.113. The molecule has 28 heavy (non-hydrogen) atoms. The number of nitrogens with one attached hydrogen (secondary N) is 1. The minimum Gasteiger partial charge on any atom is -0.453 e. The molecule has 1 amide bonds. The lowest BCUT2D eigenvalue weighted by Gasteiger charge is -2.09. The van der Waals surface area contributed by atoms with Crippen molar-refractivity contribution in [2.75, 3.05) is 11.1 Å². The van der Waals surface area contributed by atoms with Gasteiger partial charge in [0.25, 0.3) is 0 Å². The summed E-state index contributed by atoms with van der Waals surface area (Å²) in [5, 5.41) is 13.1. The number of furan rings is 1. The number of hydrogen-bond donors (Lipinski definition) is 1. The molecule has 0 saturated heterocycles. The number of thioether (sulfide) groups is 1. The van der Waals surface area contributed by atoms with Crippen molar-refractivity contribution in [3.8, 4) is 11.6 Å². The number of hydrogen-bond acceptors (Lipinski definition) is 5. The first-order chi connectivity index (χ1) is 13.5. The van der Waals surface area contributed by atoms with E-state index in [4.69, 9.17) is 4.42 Å². The van der Waals surface area contributed by atoms with E-state index in [9.17, 15) is 4.79 Å². The molecule has 0 aliphatic rings. The summed E-state index contributed by atoms with van der Waals surface area (Å²) in [4.78, 5) is 12.3. The predicted molar refractivity (Wildman–Crippen MR) is 111 cm³/mol. The number of aromatic nitrogens is 3. The van der Waals surface area contributed by atoms with Crippen LogP contribution in [0.3, 0.4) is 0 Å². The quantitative estimate of drug-likeness (QED) is 0.504. The number of carbonyl (C=O) groups excluding carboxylic acids is 1. The highest BCUT2D eigenvalue weighted by molar-refractivity contribution is 7.99. The van der Waals surface area contributed by atoms with E-state index in [0.717, 1.165) is 22.2 Å². The summed E-state index contributed by atoms with van der Waals surface area (Å²) < 4.78 is 7.70. The Morgan fingerprint density at radius 1 is 1.14 bits per heavy atom. The Kier molecular flexibility index (Phi) is 4.92. The third-order valence-electron chi connectivity index (χ3n) is 4.47. The van der Waals surface area contributed by atoms with E-state index >= 15 is 0 Å². The van der Waals surface area contributed by atoms with E-state index in [-0.39, 0.29) is 11.7 Å². The number of amides is 1. The van der Waals surface area contributed by atoms with Gasteiger partial charge >= 0.3 is 0 Å². The van der Waals surface area contributed by atoms with E-state index in [1.54, 1.807) is 0 Å². The zero-order valence-corrected chi connectivity index (χ0v) is 16.7. The molecule has 0 bridgehead atoms. The Balaban J connectivity index is 1.45. The Labute approximate surface area is 167 Å². The van der Waals surface area contributed by atoms with Gasteiger partial charge in [-0.25, -0.2) is 0 Å². The maximum Gasteiger partial charge on any atom is 0.234 e. The van der Waals surface area contributed by atoms with Crippen LogP contribution in [0.2, 0.25) is 0 Å². The molecule has 1 N–H and O–H groups in total. The lowest BCUT2D eigenvalue weighted by atomic mass is 10.1. The SMILES string of the molecule is Cc1ccc(NC(=O)CSc2nnc(-c3cc4ccccc4o3)n2C)c(C)c1. The second kappa shape index (κ2) is 7.52. The molecule has 0 saturated carbocycles. The number of benzene rings is 2. The van der Waals surface area contributed by atoms with Gasteiger partial charge in [0.1, 0.15) is 5.58 Å². The third kappa shape index (κ3) is 3.66. The molecule has 0 fully saturated rings. The monoisotopic (exact) mass is 392 g/mol. The molecule has 0 atom stereocenters.